The van der Waals surface area contributed by atoms with E-state index in [9.17, 15) is 4.79 Å². The van der Waals surface area contributed by atoms with Crippen LogP contribution in [0.4, 0.5) is 0 Å². The van der Waals surface area contributed by atoms with E-state index in [1.807, 2.05) is 47.8 Å². The number of quaternary nitrogens is 1. The monoisotopic (exact) mass is 245 g/mol. The number of amides is 1. The summed E-state index contributed by atoms with van der Waals surface area (Å²) in [5, 5.41) is 1.91. The molecular formula is C14H17N2O2+. The Morgan fingerprint density at radius 2 is 1.94 bits per heavy atom. The van der Waals surface area contributed by atoms with Crippen LogP contribution in [0.5, 0.6) is 0 Å². The van der Waals surface area contributed by atoms with E-state index in [1.54, 1.807) is 13.2 Å². The van der Waals surface area contributed by atoms with Crippen LogP contribution in [0.1, 0.15) is 24.3 Å². The Morgan fingerprint density at radius 1 is 1.22 bits per heavy atom. The quantitative estimate of drug-likeness (QED) is 0.818. The van der Waals surface area contributed by atoms with Gasteiger partial charge in [-0.05, 0) is 19.1 Å². The third-order valence-electron chi connectivity index (χ3n) is 2.94. The van der Waals surface area contributed by atoms with Crippen LogP contribution in [-0.4, -0.2) is 11.9 Å². The molecule has 4 nitrogen and oxygen atoms in total. The summed E-state index contributed by atoms with van der Waals surface area (Å²) < 4.78 is 5.45. The highest BCUT2D eigenvalue weighted by molar-refractivity contribution is 5.77. The van der Waals surface area contributed by atoms with E-state index in [1.165, 1.54) is 0 Å². The summed E-state index contributed by atoms with van der Waals surface area (Å²) in [5.74, 6) is 0.483. The molecule has 2 aromatic rings. The maximum Gasteiger partial charge on any atom is 0.275 e. The van der Waals surface area contributed by atoms with E-state index < -0.39 is 0 Å². The highest BCUT2D eigenvalue weighted by Gasteiger charge is 2.25. The molecule has 0 spiro atoms. The van der Waals surface area contributed by atoms with Crippen molar-refractivity contribution >= 4 is 5.91 Å². The topological polar surface area (TPSA) is 72.8 Å². The Hall–Kier alpha value is -2.07. The number of carbonyl (C=O) groups excluding carboxylic acids is 1. The van der Waals surface area contributed by atoms with Crippen LogP contribution in [0.3, 0.4) is 0 Å². The lowest BCUT2D eigenvalue weighted by atomic mass is 10.0. The van der Waals surface area contributed by atoms with Crippen molar-refractivity contribution in [1.82, 2.24) is 0 Å². The van der Waals surface area contributed by atoms with Gasteiger partial charge in [0.05, 0.1) is 6.26 Å². The van der Waals surface area contributed by atoms with Gasteiger partial charge in [-0.1, -0.05) is 30.3 Å². The molecule has 4 heteroatoms. The third kappa shape index (κ3) is 2.78. The lowest BCUT2D eigenvalue weighted by molar-refractivity contribution is -0.706. The van der Waals surface area contributed by atoms with Crippen LogP contribution in [0, 0.1) is 0 Å². The largest absolute Gasteiger partial charge is 0.463 e. The molecule has 1 aromatic carbocycles. The SMILES string of the molecule is C[C@H]([NH2+][C@@H](c1ccccc1)c1ccco1)C(N)=O. The molecule has 1 amide bonds. The van der Waals surface area contributed by atoms with Crippen molar-refractivity contribution in [2.24, 2.45) is 5.73 Å². The fraction of sp³-hybridized carbons (Fsp3) is 0.214. The van der Waals surface area contributed by atoms with Crippen LogP contribution < -0.4 is 11.1 Å². The predicted molar refractivity (Wildman–Crippen MR) is 67.6 cm³/mol. The fourth-order valence-corrected chi connectivity index (χ4v) is 1.88. The molecular weight excluding hydrogens is 228 g/mol. The molecule has 1 aromatic heterocycles. The fourth-order valence-electron chi connectivity index (χ4n) is 1.88. The average molecular weight is 245 g/mol. The molecule has 0 unspecified atom stereocenters. The number of hydrogen-bond donors (Lipinski definition) is 2. The Balaban J connectivity index is 2.27. The normalized spacial score (nSPS) is 14.1. The lowest BCUT2D eigenvalue weighted by Crippen LogP contribution is -2.92. The third-order valence-corrected chi connectivity index (χ3v) is 2.94. The molecule has 1 heterocycles. The molecule has 4 N–H and O–H groups in total. The van der Waals surface area contributed by atoms with Crippen LogP contribution in [0.25, 0.3) is 0 Å². The first-order valence-electron chi connectivity index (χ1n) is 5.91. The minimum absolute atomic E-state index is 0.0521. The zero-order valence-corrected chi connectivity index (χ0v) is 10.2. The van der Waals surface area contributed by atoms with Gasteiger partial charge >= 0.3 is 0 Å². The Labute approximate surface area is 106 Å². The minimum atomic E-state index is -0.331. The van der Waals surface area contributed by atoms with E-state index in [2.05, 4.69) is 0 Å². The predicted octanol–water partition coefficient (Wildman–Crippen LogP) is 0.806. The molecule has 94 valence electrons. The number of nitrogens with two attached hydrogens (primary N) is 2. The second-order valence-electron chi connectivity index (χ2n) is 4.29. The number of benzene rings is 1. The zero-order valence-electron chi connectivity index (χ0n) is 10.2. The van der Waals surface area contributed by atoms with E-state index >= 15 is 0 Å². The first-order chi connectivity index (χ1) is 8.68. The molecule has 0 aliphatic carbocycles. The molecule has 2 rings (SSSR count). The first-order valence-corrected chi connectivity index (χ1v) is 5.91. The van der Waals surface area contributed by atoms with E-state index in [0.29, 0.717) is 0 Å². The van der Waals surface area contributed by atoms with Crippen molar-refractivity contribution in [2.75, 3.05) is 0 Å². The van der Waals surface area contributed by atoms with Gasteiger partial charge in [-0.2, -0.15) is 0 Å². The van der Waals surface area contributed by atoms with Crippen molar-refractivity contribution in [3.05, 3.63) is 60.1 Å². The maximum absolute atomic E-state index is 11.2. The highest BCUT2D eigenvalue weighted by atomic mass is 16.3. The van der Waals surface area contributed by atoms with Gasteiger partial charge in [0, 0.05) is 5.56 Å². The van der Waals surface area contributed by atoms with Crippen molar-refractivity contribution in [3.63, 3.8) is 0 Å². The van der Waals surface area contributed by atoms with Gasteiger partial charge in [-0.25, -0.2) is 0 Å². The number of carbonyl (C=O) groups is 1. The summed E-state index contributed by atoms with van der Waals surface area (Å²) in [6, 6.07) is 13.3. The minimum Gasteiger partial charge on any atom is -0.463 e. The standard InChI is InChI=1S/C14H16N2O2/c1-10(14(15)17)16-13(12-8-5-9-18-12)11-6-3-2-4-7-11/h2-10,13,16H,1H3,(H2,15,17)/p+1/t10-,13-/m0/s1. The van der Waals surface area contributed by atoms with Crippen molar-refractivity contribution in [1.29, 1.82) is 0 Å². The van der Waals surface area contributed by atoms with Crippen molar-refractivity contribution in [2.45, 2.75) is 19.0 Å². The number of furan rings is 1. The van der Waals surface area contributed by atoms with Crippen LogP contribution in [0.15, 0.2) is 53.1 Å². The highest BCUT2D eigenvalue weighted by Crippen LogP contribution is 2.18. The molecule has 0 bridgehead atoms. The van der Waals surface area contributed by atoms with Gasteiger partial charge in [0.1, 0.15) is 0 Å². The second-order valence-corrected chi connectivity index (χ2v) is 4.29. The Bertz CT molecular complexity index is 494. The van der Waals surface area contributed by atoms with Gasteiger partial charge in [-0.3, -0.25) is 4.79 Å². The van der Waals surface area contributed by atoms with Crippen LogP contribution in [-0.2, 0) is 4.79 Å². The van der Waals surface area contributed by atoms with Crippen LogP contribution in [0.2, 0.25) is 0 Å². The van der Waals surface area contributed by atoms with Gasteiger partial charge in [-0.15, -0.1) is 0 Å². The second kappa shape index (κ2) is 5.51. The summed E-state index contributed by atoms with van der Waals surface area (Å²) >= 11 is 0. The number of primary amides is 1. The molecule has 0 aliphatic heterocycles. The summed E-state index contributed by atoms with van der Waals surface area (Å²) in [6.07, 6.45) is 1.63. The first kappa shape index (κ1) is 12.4. The van der Waals surface area contributed by atoms with Gasteiger partial charge in [0.25, 0.3) is 5.91 Å². The number of rotatable bonds is 5. The molecule has 0 saturated carbocycles. The van der Waals surface area contributed by atoms with E-state index in [-0.39, 0.29) is 18.0 Å². The Morgan fingerprint density at radius 3 is 2.50 bits per heavy atom. The molecule has 2 atom stereocenters. The summed E-state index contributed by atoms with van der Waals surface area (Å²) in [4.78, 5) is 11.2. The number of hydrogen-bond acceptors (Lipinski definition) is 2. The maximum atomic E-state index is 11.2. The molecule has 0 radical (unpaired) electrons. The summed E-state index contributed by atoms with van der Waals surface area (Å²) in [6.45, 7) is 1.79. The summed E-state index contributed by atoms with van der Waals surface area (Å²) in [7, 11) is 0. The molecule has 18 heavy (non-hydrogen) atoms. The van der Waals surface area contributed by atoms with Crippen molar-refractivity contribution in [3.8, 4) is 0 Å². The van der Waals surface area contributed by atoms with Crippen LogP contribution >= 0.6 is 0 Å². The Kier molecular flexibility index (Phi) is 3.79. The van der Waals surface area contributed by atoms with Gasteiger partial charge in [0.2, 0.25) is 0 Å². The van der Waals surface area contributed by atoms with Crippen molar-refractivity contribution < 1.29 is 14.5 Å². The zero-order chi connectivity index (χ0) is 13.0. The summed E-state index contributed by atoms with van der Waals surface area (Å²) in [5.41, 5.74) is 6.40. The van der Waals surface area contributed by atoms with E-state index in [4.69, 9.17) is 10.2 Å². The average Bonchev–Trinajstić information content (AvgIpc) is 2.90. The van der Waals surface area contributed by atoms with Gasteiger partial charge in [0.15, 0.2) is 17.8 Å². The molecule has 0 saturated heterocycles. The molecule has 0 aliphatic rings. The smallest absolute Gasteiger partial charge is 0.275 e. The van der Waals surface area contributed by atoms with E-state index in [0.717, 1.165) is 11.3 Å². The molecule has 0 fully saturated rings. The van der Waals surface area contributed by atoms with Gasteiger partial charge < -0.3 is 15.5 Å². The lowest BCUT2D eigenvalue weighted by Gasteiger charge is -2.16.